The Labute approximate surface area is 142 Å². The summed E-state index contributed by atoms with van der Waals surface area (Å²) in [6, 6.07) is 3.80. The number of methoxy groups -OCH3 is 2. The van der Waals surface area contributed by atoms with Crippen molar-refractivity contribution < 1.29 is 23.7 Å². The molecule has 0 aromatic heterocycles. The molecule has 2 aliphatic rings. The average molecular weight is 335 g/mol. The Morgan fingerprint density at radius 1 is 1.12 bits per heavy atom. The van der Waals surface area contributed by atoms with E-state index in [1.54, 1.807) is 14.2 Å². The van der Waals surface area contributed by atoms with Gasteiger partial charge in [0, 0.05) is 25.9 Å². The number of carbonyl (C=O) groups excluding carboxylic acids is 1. The Balaban J connectivity index is 1.65. The minimum absolute atomic E-state index is 0.123. The lowest BCUT2D eigenvalue weighted by Gasteiger charge is -2.37. The normalized spacial score (nSPS) is 19.5. The zero-order valence-corrected chi connectivity index (χ0v) is 14.6. The minimum atomic E-state index is -0.448. The van der Waals surface area contributed by atoms with Crippen LogP contribution in [-0.4, -0.2) is 57.1 Å². The fourth-order valence-corrected chi connectivity index (χ4v) is 3.37. The van der Waals surface area contributed by atoms with Crippen LogP contribution in [0.4, 0.5) is 0 Å². The van der Waals surface area contributed by atoms with Gasteiger partial charge in [-0.3, -0.25) is 4.79 Å². The van der Waals surface area contributed by atoms with Gasteiger partial charge in [-0.15, -0.1) is 0 Å². The number of rotatable bonds is 4. The molecule has 6 nitrogen and oxygen atoms in total. The monoisotopic (exact) mass is 335 g/mol. The molecule has 0 aliphatic carbocycles. The first-order chi connectivity index (χ1) is 11.6. The molecular weight excluding hydrogens is 310 g/mol. The van der Waals surface area contributed by atoms with Crippen LogP contribution in [0.5, 0.6) is 11.5 Å². The van der Waals surface area contributed by atoms with Crippen molar-refractivity contribution in [2.45, 2.75) is 32.0 Å². The van der Waals surface area contributed by atoms with Crippen molar-refractivity contribution in [1.29, 1.82) is 0 Å². The summed E-state index contributed by atoms with van der Waals surface area (Å²) in [5.74, 6) is 1.01. The molecule has 0 bridgehead atoms. The number of aryl methyl sites for hydroxylation is 1. The van der Waals surface area contributed by atoms with Gasteiger partial charge in [0.05, 0.1) is 33.9 Å². The van der Waals surface area contributed by atoms with Crippen molar-refractivity contribution in [3.05, 3.63) is 23.3 Å². The number of nitrogens with zero attached hydrogens (tertiary/aromatic N) is 1. The molecule has 1 spiro atoms. The number of hydrogen-bond donors (Lipinski definition) is 0. The largest absolute Gasteiger partial charge is 0.493 e. The third kappa shape index (κ3) is 3.35. The molecule has 1 aromatic rings. The van der Waals surface area contributed by atoms with Crippen LogP contribution < -0.4 is 9.47 Å². The Hall–Kier alpha value is -1.79. The van der Waals surface area contributed by atoms with E-state index in [-0.39, 0.29) is 5.91 Å². The van der Waals surface area contributed by atoms with E-state index in [0.717, 1.165) is 24.0 Å². The van der Waals surface area contributed by atoms with E-state index in [1.807, 2.05) is 24.0 Å². The summed E-state index contributed by atoms with van der Waals surface area (Å²) >= 11 is 0. The van der Waals surface area contributed by atoms with Crippen molar-refractivity contribution in [1.82, 2.24) is 4.90 Å². The molecule has 0 radical (unpaired) electrons. The Kier molecular flexibility index (Phi) is 4.96. The maximum atomic E-state index is 12.6. The molecule has 6 heteroatoms. The van der Waals surface area contributed by atoms with Gasteiger partial charge in [-0.25, -0.2) is 0 Å². The standard InChI is InChI=1S/C18H25NO5/c1-13-10-15(21-2)16(22-3)11-14(13)12-17(20)19-6-4-18(5-7-19)23-8-9-24-18/h10-11H,4-9,12H2,1-3H3. The third-order valence-electron chi connectivity index (χ3n) is 4.88. The highest BCUT2D eigenvalue weighted by Gasteiger charge is 2.40. The molecule has 0 atom stereocenters. The number of hydrogen-bond acceptors (Lipinski definition) is 5. The lowest BCUT2D eigenvalue weighted by molar-refractivity contribution is -0.187. The lowest BCUT2D eigenvalue weighted by atomic mass is 10.0. The molecule has 24 heavy (non-hydrogen) atoms. The summed E-state index contributed by atoms with van der Waals surface area (Å²) in [7, 11) is 3.21. The molecule has 0 N–H and O–H groups in total. The van der Waals surface area contributed by atoms with E-state index < -0.39 is 5.79 Å². The summed E-state index contributed by atoms with van der Waals surface area (Å²) in [5, 5.41) is 0. The first-order valence-electron chi connectivity index (χ1n) is 8.34. The van der Waals surface area contributed by atoms with Crippen LogP contribution in [0.25, 0.3) is 0 Å². The number of piperidine rings is 1. The highest BCUT2D eigenvalue weighted by molar-refractivity contribution is 5.79. The van der Waals surface area contributed by atoms with E-state index in [9.17, 15) is 4.79 Å². The average Bonchev–Trinajstić information content (AvgIpc) is 3.04. The third-order valence-corrected chi connectivity index (χ3v) is 4.88. The molecule has 2 aliphatic heterocycles. The predicted molar refractivity (Wildman–Crippen MR) is 88.4 cm³/mol. The molecule has 132 valence electrons. The van der Waals surface area contributed by atoms with Crippen LogP contribution in [0.3, 0.4) is 0 Å². The Bertz CT molecular complexity index is 600. The second-order valence-corrected chi connectivity index (χ2v) is 6.30. The van der Waals surface area contributed by atoms with Gasteiger partial charge in [0.15, 0.2) is 17.3 Å². The van der Waals surface area contributed by atoms with Crippen LogP contribution in [0.15, 0.2) is 12.1 Å². The Morgan fingerprint density at radius 3 is 2.29 bits per heavy atom. The van der Waals surface area contributed by atoms with E-state index in [4.69, 9.17) is 18.9 Å². The fraction of sp³-hybridized carbons (Fsp3) is 0.611. The second-order valence-electron chi connectivity index (χ2n) is 6.30. The summed E-state index contributed by atoms with van der Waals surface area (Å²) in [4.78, 5) is 14.5. The van der Waals surface area contributed by atoms with Crippen LogP contribution in [0.2, 0.25) is 0 Å². The molecule has 1 aromatic carbocycles. The molecule has 3 rings (SSSR count). The van der Waals surface area contributed by atoms with Gasteiger partial charge >= 0.3 is 0 Å². The number of carbonyl (C=O) groups is 1. The van der Waals surface area contributed by atoms with Gasteiger partial charge in [0.1, 0.15) is 0 Å². The molecule has 1 amide bonds. The number of ether oxygens (including phenoxy) is 4. The van der Waals surface area contributed by atoms with Crippen LogP contribution in [0.1, 0.15) is 24.0 Å². The predicted octanol–water partition coefficient (Wildman–Crippen LogP) is 1.92. The molecule has 2 heterocycles. The Morgan fingerprint density at radius 2 is 1.71 bits per heavy atom. The van der Waals surface area contributed by atoms with Gasteiger partial charge in [0.2, 0.25) is 5.91 Å². The van der Waals surface area contributed by atoms with Gasteiger partial charge < -0.3 is 23.8 Å². The van der Waals surface area contributed by atoms with Crippen molar-refractivity contribution in [3.8, 4) is 11.5 Å². The first kappa shape index (κ1) is 17.0. The summed E-state index contributed by atoms with van der Waals surface area (Å²) in [5.41, 5.74) is 1.99. The first-order valence-corrected chi connectivity index (χ1v) is 8.34. The number of benzene rings is 1. The molecular formula is C18H25NO5. The van der Waals surface area contributed by atoms with Crippen LogP contribution >= 0.6 is 0 Å². The van der Waals surface area contributed by atoms with Gasteiger partial charge in [-0.2, -0.15) is 0 Å². The van der Waals surface area contributed by atoms with Crippen molar-refractivity contribution in [2.24, 2.45) is 0 Å². The van der Waals surface area contributed by atoms with E-state index in [0.29, 0.717) is 44.2 Å². The smallest absolute Gasteiger partial charge is 0.227 e. The van der Waals surface area contributed by atoms with Crippen LogP contribution in [-0.2, 0) is 20.7 Å². The van der Waals surface area contributed by atoms with Crippen molar-refractivity contribution in [2.75, 3.05) is 40.5 Å². The lowest BCUT2D eigenvalue weighted by Crippen LogP contribution is -2.47. The second kappa shape index (κ2) is 6.99. The van der Waals surface area contributed by atoms with E-state index >= 15 is 0 Å². The van der Waals surface area contributed by atoms with E-state index in [1.165, 1.54) is 0 Å². The molecule has 2 saturated heterocycles. The zero-order chi connectivity index (χ0) is 17.2. The van der Waals surface area contributed by atoms with Crippen molar-refractivity contribution in [3.63, 3.8) is 0 Å². The topological polar surface area (TPSA) is 57.2 Å². The molecule has 0 saturated carbocycles. The zero-order valence-electron chi connectivity index (χ0n) is 14.6. The fourth-order valence-electron chi connectivity index (χ4n) is 3.37. The van der Waals surface area contributed by atoms with Gasteiger partial charge in [-0.05, 0) is 30.2 Å². The minimum Gasteiger partial charge on any atom is -0.493 e. The van der Waals surface area contributed by atoms with Crippen LogP contribution in [0, 0.1) is 6.92 Å². The van der Waals surface area contributed by atoms with Gasteiger partial charge in [0.25, 0.3) is 0 Å². The number of likely N-dealkylation sites (tertiary alicyclic amines) is 1. The summed E-state index contributed by atoms with van der Waals surface area (Å²) in [6.07, 6.45) is 1.84. The van der Waals surface area contributed by atoms with Gasteiger partial charge in [-0.1, -0.05) is 0 Å². The maximum absolute atomic E-state index is 12.6. The SMILES string of the molecule is COc1cc(C)c(CC(=O)N2CCC3(CC2)OCCO3)cc1OC. The molecule has 0 unspecified atom stereocenters. The maximum Gasteiger partial charge on any atom is 0.227 e. The van der Waals surface area contributed by atoms with E-state index in [2.05, 4.69) is 0 Å². The highest BCUT2D eigenvalue weighted by Crippen LogP contribution is 2.33. The summed E-state index contributed by atoms with van der Waals surface area (Å²) in [6.45, 7) is 4.63. The molecule has 2 fully saturated rings. The number of amides is 1. The highest BCUT2D eigenvalue weighted by atomic mass is 16.7. The van der Waals surface area contributed by atoms with Crippen molar-refractivity contribution >= 4 is 5.91 Å². The summed E-state index contributed by atoms with van der Waals surface area (Å²) < 4.78 is 22.1. The quantitative estimate of drug-likeness (QED) is 0.841.